The number of amides is 1. The molecule has 3 aromatic rings. The number of carbonyl (C=O) groups excluding carboxylic acids is 1. The molecule has 0 spiro atoms. The molecule has 3 rings (SSSR count). The van der Waals surface area contributed by atoms with Gasteiger partial charge in [-0.15, -0.1) is 0 Å². The standard InChI is InChI=1S/C18H12BrN5O/c19-14-3-1-2-4-15(14)23-17(25)16-9-10-21-18(24-16)22-13-7-5-12(11-20)6-8-13/h1-10H,(H,23,25)(H,21,22,24). The Morgan fingerprint density at radius 3 is 2.56 bits per heavy atom. The minimum Gasteiger partial charge on any atom is -0.324 e. The second-order valence-corrected chi connectivity index (χ2v) is 5.87. The summed E-state index contributed by atoms with van der Waals surface area (Å²) in [4.78, 5) is 20.7. The monoisotopic (exact) mass is 393 g/mol. The lowest BCUT2D eigenvalue weighted by atomic mass is 10.2. The van der Waals surface area contributed by atoms with Crippen LogP contribution >= 0.6 is 15.9 Å². The molecule has 0 fully saturated rings. The quantitative estimate of drug-likeness (QED) is 0.695. The Balaban J connectivity index is 1.75. The lowest BCUT2D eigenvalue weighted by Crippen LogP contribution is -2.15. The maximum Gasteiger partial charge on any atom is 0.274 e. The largest absolute Gasteiger partial charge is 0.324 e. The van der Waals surface area contributed by atoms with E-state index in [0.29, 0.717) is 17.2 Å². The average molecular weight is 394 g/mol. The highest BCUT2D eigenvalue weighted by Crippen LogP contribution is 2.22. The number of carbonyl (C=O) groups is 1. The summed E-state index contributed by atoms with van der Waals surface area (Å²) >= 11 is 3.39. The van der Waals surface area contributed by atoms with Crippen LogP contribution in [-0.2, 0) is 0 Å². The Labute approximate surface area is 152 Å². The van der Waals surface area contributed by atoms with E-state index in [1.807, 2.05) is 18.2 Å². The third kappa shape index (κ3) is 4.19. The normalized spacial score (nSPS) is 9.92. The van der Waals surface area contributed by atoms with Crippen LogP contribution in [0.5, 0.6) is 0 Å². The zero-order chi connectivity index (χ0) is 17.6. The molecule has 0 aliphatic heterocycles. The SMILES string of the molecule is N#Cc1ccc(Nc2nccc(C(=O)Nc3ccccc3Br)n2)cc1. The van der Waals surface area contributed by atoms with Gasteiger partial charge in [0.2, 0.25) is 5.95 Å². The first kappa shape index (κ1) is 16.6. The smallest absolute Gasteiger partial charge is 0.274 e. The van der Waals surface area contributed by atoms with Crippen molar-refractivity contribution in [2.24, 2.45) is 0 Å². The van der Waals surface area contributed by atoms with Gasteiger partial charge in [-0.05, 0) is 58.4 Å². The maximum atomic E-state index is 12.4. The summed E-state index contributed by atoms with van der Waals surface area (Å²) in [5.41, 5.74) is 2.19. The van der Waals surface area contributed by atoms with Crippen molar-refractivity contribution in [3.63, 3.8) is 0 Å². The molecule has 0 radical (unpaired) electrons. The van der Waals surface area contributed by atoms with Gasteiger partial charge in [-0.1, -0.05) is 12.1 Å². The Hall–Kier alpha value is -3.24. The third-order valence-corrected chi connectivity index (χ3v) is 3.97. The second-order valence-electron chi connectivity index (χ2n) is 5.01. The maximum absolute atomic E-state index is 12.4. The highest BCUT2D eigenvalue weighted by atomic mass is 79.9. The topological polar surface area (TPSA) is 90.7 Å². The molecule has 6 nitrogen and oxygen atoms in total. The van der Waals surface area contributed by atoms with E-state index in [2.05, 4.69) is 42.6 Å². The van der Waals surface area contributed by atoms with Gasteiger partial charge in [-0.3, -0.25) is 4.79 Å². The molecule has 0 atom stereocenters. The van der Waals surface area contributed by atoms with Gasteiger partial charge in [0.05, 0.1) is 17.3 Å². The number of aromatic nitrogens is 2. The number of rotatable bonds is 4. The van der Waals surface area contributed by atoms with Crippen molar-refractivity contribution in [1.29, 1.82) is 5.26 Å². The van der Waals surface area contributed by atoms with Crippen LogP contribution in [0.1, 0.15) is 16.1 Å². The van der Waals surface area contributed by atoms with Crippen molar-refractivity contribution in [3.05, 3.63) is 76.5 Å². The predicted molar refractivity (Wildman–Crippen MR) is 98.6 cm³/mol. The third-order valence-electron chi connectivity index (χ3n) is 3.28. The molecule has 0 aliphatic rings. The van der Waals surface area contributed by atoms with Crippen molar-refractivity contribution < 1.29 is 4.79 Å². The highest BCUT2D eigenvalue weighted by Gasteiger charge is 2.11. The summed E-state index contributed by atoms with van der Waals surface area (Å²) in [5.74, 6) is -0.0401. The second kappa shape index (κ2) is 7.55. The Bertz CT molecular complexity index is 950. The molecule has 2 N–H and O–H groups in total. The van der Waals surface area contributed by atoms with Crippen molar-refractivity contribution in [2.45, 2.75) is 0 Å². The molecule has 122 valence electrons. The van der Waals surface area contributed by atoms with Crippen molar-refractivity contribution in [1.82, 2.24) is 9.97 Å². The Morgan fingerprint density at radius 2 is 1.84 bits per heavy atom. The predicted octanol–water partition coefficient (Wildman–Crippen LogP) is 4.11. The number of anilines is 3. The first-order valence-corrected chi connectivity index (χ1v) is 8.11. The van der Waals surface area contributed by atoms with Crippen LogP contribution in [0.15, 0.2) is 65.3 Å². The van der Waals surface area contributed by atoms with Gasteiger partial charge in [0.25, 0.3) is 5.91 Å². The first-order chi connectivity index (χ1) is 12.2. The molecule has 0 unspecified atom stereocenters. The zero-order valence-electron chi connectivity index (χ0n) is 12.9. The Kier molecular flexibility index (Phi) is 5.02. The summed E-state index contributed by atoms with van der Waals surface area (Å²) in [6.07, 6.45) is 1.51. The molecule has 0 aliphatic carbocycles. The molecule has 0 saturated heterocycles. The molecule has 0 saturated carbocycles. The zero-order valence-corrected chi connectivity index (χ0v) is 14.5. The van der Waals surface area contributed by atoms with Gasteiger partial charge in [-0.2, -0.15) is 5.26 Å². The van der Waals surface area contributed by atoms with Crippen LogP contribution in [0.3, 0.4) is 0 Å². The van der Waals surface area contributed by atoms with Gasteiger partial charge in [0.1, 0.15) is 5.69 Å². The first-order valence-electron chi connectivity index (χ1n) is 7.32. The van der Waals surface area contributed by atoms with Crippen LogP contribution in [0.4, 0.5) is 17.3 Å². The van der Waals surface area contributed by atoms with Gasteiger partial charge in [-0.25, -0.2) is 9.97 Å². The molecular weight excluding hydrogens is 382 g/mol. The fourth-order valence-electron chi connectivity index (χ4n) is 2.05. The average Bonchev–Trinajstić information content (AvgIpc) is 2.64. The van der Waals surface area contributed by atoms with Crippen molar-refractivity contribution in [2.75, 3.05) is 10.6 Å². The van der Waals surface area contributed by atoms with Crippen LogP contribution in [-0.4, -0.2) is 15.9 Å². The van der Waals surface area contributed by atoms with Crippen molar-refractivity contribution >= 4 is 39.2 Å². The molecule has 2 aromatic carbocycles. The lowest BCUT2D eigenvalue weighted by molar-refractivity contribution is 0.102. The minimum atomic E-state index is -0.336. The van der Waals surface area contributed by atoms with Crippen LogP contribution in [0, 0.1) is 11.3 Å². The van der Waals surface area contributed by atoms with E-state index in [-0.39, 0.29) is 11.6 Å². The summed E-state index contributed by atoms with van der Waals surface area (Å²) in [6, 6.07) is 17.8. The summed E-state index contributed by atoms with van der Waals surface area (Å²) < 4.78 is 0.785. The fourth-order valence-corrected chi connectivity index (χ4v) is 2.44. The fraction of sp³-hybridized carbons (Fsp3) is 0. The van der Waals surface area contributed by atoms with E-state index in [4.69, 9.17) is 5.26 Å². The lowest BCUT2D eigenvalue weighted by Gasteiger charge is -2.08. The highest BCUT2D eigenvalue weighted by molar-refractivity contribution is 9.10. The van der Waals surface area contributed by atoms with Gasteiger partial charge < -0.3 is 10.6 Å². The number of benzene rings is 2. The van der Waals surface area contributed by atoms with E-state index < -0.39 is 0 Å². The van der Waals surface area contributed by atoms with Crippen LogP contribution in [0.2, 0.25) is 0 Å². The van der Waals surface area contributed by atoms with E-state index in [1.165, 1.54) is 12.3 Å². The van der Waals surface area contributed by atoms with Crippen LogP contribution in [0.25, 0.3) is 0 Å². The number of halogens is 1. The Morgan fingerprint density at radius 1 is 1.08 bits per heavy atom. The summed E-state index contributed by atoms with van der Waals surface area (Å²) in [7, 11) is 0. The van der Waals surface area contributed by atoms with Gasteiger partial charge >= 0.3 is 0 Å². The van der Waals surface area contributed by atoms with E-state index in [1.54, 1.807) is 30.3 Å². The minimum absolute atomic E-state index is 0.238. The summed E-state index contributed by atoms with van der Waals surface area (Å²) in [5, 5.41) is 14.6. The molecule has 25 heavy (non-hydrogen) atoms. The molecule has 7 heteroatoms. The number of hydrogen-bond donors (Lipinski definition) is 2. The van der Waals surface area contributed by atoms with Gasteiger partial charge in [0, 0.05) is 16.4 Å². The molecular formula is C18H12BrN5O. The number of nitrogens with one attached hydrogen (secondary N) is 2. The van der Waals surface area contributed by atoms with Crippen LogP contribution < -0.4 is 10.6 Å². The molecule has 1 heterocycles. The van der Waals surface area contributed by atoms with E-state index >= 15 is 0 Å². The summed E-state index contributed by atoms with van der Waals surface area (Å²) in [6.45, 7) is 0. The number of para-hydroxylation sites is 1. The number of hydrogen-bond acceptors (Lipinski definition) is 5. The van der Waals surface area contributed by atoms with Gasteiger partial charge in [0.15, 0.2) is 0 Å². The molecule has 1 aromatic heterocycles. The van der Waals surface area contributed by atoms with E-state index in [0.717, 1.165) is 10.2 Å². The van der Waals surface area contributed by atoms with Crippen molar-refractivity contribution in [3.8, 4) is 6.07 Å². The molecule has 1 amide bonds. The number of nitrogens with zero attached hydrogens (tertiary/aromatic N) is 3. The van der Waals surface area contributed by atoms with E-state index in [9.17, 15) is 4.79 Å². The molecule has 0 bridgehead atoms. The number of nitriles is 1.